The first-order valence-electron chi connectivity index (χ1n) is 8.72. The molecule has 0 fully saturated rings. The lowest BCUT2D eigenvalue weighted by Gasteiger charge is -2.16. The fraction of sp³-hybridized carbons (Fsp3) is 0. The molecule has 2 amide bonds. The lowest BCUT2D eigenvalue weighted by atomic mass is 10.0. The van der Waals surface area contributed by atoms with E-state index in [-0.39, 0.29) is 22.0 Å². The fourth-order valence-corrected chi connectivity index (χ4v) is 3.24. The Balaban J connectivity index is 1.82. The van der Waals surface area contributed by atoms with E-state index in [2.05, 4.69) is 5.32 Å². The van der Waals surface area contributed by atoms with E-state index in [0.717, 1.165) is 29.2 Å². The van der Waals surface area contributed by atoms with Gasteiger partial charge in [0.1, 0.15) is 23.1 Å². The van der Waals surface area contributed by atoms with E-state index in [1.165, 1.54) is 42.5 Å². The summed E-state index contributed by atoms with van der Waals surface area (Å²) >= 11 is 5.81. The van der Waals surface area contributed by atoms with Crippen LogP contribution in [0.5, 0.6) is 0 Å². The molecule has 4 nitrogen and oxygen atoms in total. The van der Waals surface area contributed by atoms with Gasteiger partial charge in [-0.1, -0.05) is 23.7 Å². The Hall–Kier alpha value is -3.58. The second-order valence-corrected chi connectivity index (χ2v) is 6.84. The van der Waals surface area contributed by atoms with E-state index in [4.69, 9.17) is 11.6 Å². The highest BCUT2D eigenvalue weighted by Crippen LogP contribution is 2.35. The molecule has 0 radical (unpaired) electrons. The third kappa shape index (κ3) is 3.55. The number of amides is 2. The SMILES string of the molecule is O=C1C(Nc2ccc(F)cc2)=C(c2ccc(F)cc2)C(=O)N1c1ccc(F)c(Cl)c1. The van der Waals surface area contributed by atoms with Crippen LogP contribution in [0.3, 0.4) is 0 Å². The number of rotatable bonds is 4. The molecule has 1 N–H and O–H groups in total. The molecule has 0 atom stereocenters. The van der Waals surface area contributed by atoms with Crippen molar-refractivity contribution in [2.24, 2.45) is 0 Å². The van der Waals surface area contributed by atoms with Crippen LogP contribution in [0.2, 0.25) is 5.02 Å². The maximum Gasteiger partial charge on any atom is 0.282 e. The number of nitrogens with zero attached hydrogens (tertiary/aromatic N) is 1. The van der Waals surface area contributed by atoms with Gasteiger partial charge in [0, 0.05) is 5.69 Å². The van der Waals surface area contributed by atoms with E-state index in [1.54, 1.807) is 0 Å². The van der Waals surface area contributed by atoms with Crippen LogP contribution in [0.25, 0.3) is 5.57 Å². The molecule has 3 aromatic carbocycles. The Morgan fingerprint density at radius 2 is 1.37 bits per heavy atom. The third-order valence-electron chi connectivity index (χ3n) is 4.49. The van der Waals surface area contributed by atoms with Gasteiger partial charge in [-0.25, -0.2) is 18.1 Å². The molecule has 0 unspecified atom stereocenters. The average Bonchev–Trinajstić information content (AvgIpc) is 2.96. The summed E-state index contributed by atoms with van der Waals surface area (Å²) in [7, 11) is 0. The number of imide groups is 1. The van der Waals surface area contributed by atoms with Gasteiger partial charge in [-0.15, -0.1) is 0 Å². The van der Waals surface area contributed by atoms with Crippen LogP contribution in [-0.2, 0) is 9.59 Å². The zero-order valence-electron chi connectivity index (χ0n) is 15.1. The zero-order valence-corrected chi connectivity index (χ0v) is 15.9. The van der Waals surface area contributed by atoms with Gasteiger partial charge in [-0.3, -0.25) is 9.59 Å². The third-order valence-corrected chi connectivity index (χ3v) is 4.78. The van der Waals surface area contributed by atoms with Crippen LogP contribution in [0.4, 0.5) is 24.5 Å². The number of carbonyl (C=O) groups is 2. The molecule has 1 heterocycles. The Labute approximate surface area is 174 Å². The van der Waals surface area contributed by atoms with Crippen molar-refractivity contribution < 1.29 is 22.8 Å². The van der Waals surface area contributed by atoms with Crippen molar-refractivity contribution in [3.8, 4) is 0 Å². The van der Waals surface area contributed by atoms with Crippen molar-refractivity contribution in [1.82, 2.24) is 0 Å². The molecular weight excluding hydrogens is 417 g/mol. The van der Waals surface area contributed by atoms with Gasteiger partial charge in [0.15, 0.2) is 0 Å². The zero-order chi connectivity index (χ0) is 21.4. The fourth-order valence-electron chi connectivity index (χ4n) is 3.07. The van der Waals surface area contributed by atoms with Gasteiger partial charge < -0.3 is 5.32 Å². The first-order valence-corrected chi connectivity index (χ1v) is 9.09. The number of benzene rings is 3. The highest BCUT2D eigenvalue weighted by atomic mass is 35.5. The number of anilines is 2. The lowest BCUT2D eigenvalue weighted by Crippen LogP contribution is -2.32. The number of halogens is 4. The molecule has 0 aromatic heterocycles. The van der Waals surface area contributed by atoms with Crippen molar-refractivity contribution in [2.45, 2.75) is 0 Å². The minimum atomic E-state index is -0.716. The summed E-state index contributed by atoms with van der Waals surface area (Å²) in [6.07, 6.45) is 0. The summed E-state index contributed by atoms with van der Waals surface area (Å²) in [4.78, 5) is 27.1. The van der Waals surface area contributed by atoms with Crippen LogP contribution < -0.4 is 10.2 Å². The molecule has 0 saturated heterocycles. The summed E-state index contributed by atoms with van der Waals surface area (Å²) in [5, 5.41) is 2.58. The van der Waals surface area contributed by atoms with Gasteiger partial charge in [0.2, 0.25) is 0 Å². The van der Waals surface area contributed by atoms with Crippen LogP contribution in [0, 0.1) is 17.5 Å². The molecule has 0 bridgehead atoms. The molecule has 1 aliphatic rings. The van der Waals surface area contributed by atoms with Gasteiger partial charge >= 0.3 is 0 Å². The minimum Gasteiger partial charge on any atom is -0.350 e. The average molecular weight is 429 g/mol. The van der Waals surface area contributed by atoms with E-state index in [9.17, 15) is 22.8 Å². The molecule has 30 heavy (non-hydrogen) atoms. The molecule has 0 spiro atoms. The van der Waals surface area contributed by atoms with Gasteiger partial charge in [-0.2, -0.15) is 0 Å². The van der Waals surface area contributed by atoms with Crippen LogP contribution in [0.15, 0.2) is 72.4 Å². The molecule has 3 aromatic rings. The normalized spacial score (nSPS) is 13.9. The standard InChI is InChI=1S/C22H12ClF3N2O2/c23-17-11-16(9-10-18(17)26)28-21(29)19(12-1-3-13(24)4-2-12)20(22(28)30)27-15-7-5-14(25)6-8-15/h1-11,27H. The van der Waals surface area contributed by atoms with Crippen molar-refractivity contribution in [2.75, 3.05) is 10.2 Å². The smallest absolute Gasteiger partial charge is 0.282 e. The van der Waals surface area contributed by atoms with Crippen LogP contribution in [-0.4, -0.2) is 11.8 Å². The first kappa shape index (κ1) is 19.7. The Kier molecular flexibility index (Phi) is 5.05. The van der Waals surface area contributed by atoms with Crippen molar-refractivity contribution in [3.63, 3.8) is 0 Å². The summed E-state index contributed by atoms with van der Waals surface area (Å²) in [5.74, 6) is -3.09. The maximum absolute atomic E-state index is 13.5. The predicted octanol–water partition coefficient (Wildman–Crippen LogP) is 5.15. The minimum absolute atomic E-state index is 0.00947. The van der Waals surface area contributed by atoms with Crippen molar-refractivity contribution in [1.29, 1.82) is 0 Å². The lowest BCUT2D eigenvalue weighted by molar-refractivity contribution is -0.120. The van der Waals surface area contributed by atoms with E-state index < -0.39 is 29.3 Å². The van der Waals surface area contributed by atoms with E-state index in [0.29, 0.717) is 11.3 Å². The Morgan fingerprint density at radius 3 is 1.97 bits per heavy atom. The summed E-state index contributed by atoms with van der Waals surface area (Å²) in [6, 6.07) is 13.7. The second-order valence-electron chi connectivity index (χ2n) is 6.43. The topological polar surface area (TPSA) is 49.4 Å². The van der Waals surface area contributed by atoms with Crippen molar-refractivity contribution >= 4 is 40.4 Å². The second kappa shape index (κ2) is 7.68. The monoisotopic (exact) mass is 428 g/mol. The Bertz CT molecular complexity index is 1190. The highest BCUT2D eigenvalue weighted by Gasteiger charge is 2.40. The number of carbonyl (C=O) groups excluding carboxylic acids is 2. The summed E-state index contributed by atoms with van der Waals surface area (Å²) < 4.78 is 40.1. The molecular formula is C22H12ClF3N2O2. The molecule has 150 valence electrons. The summed E-state index contributed by atoms with van der Waals surface area (Å²) in [6.45, 7) is 0. The van der Waals surface area contributed by atoms with Gasteiger partial charge in [-0.05, 0) is 60.2 Å². The molecule has 8 heteroatoms. The quantitative estimate of drug-likeness (QED) is 0.584. The van der Waals surface area contributed by atoms with Crippen molar-refractivity contribution in [3.05, 3.63) is 100 Å². The number of nitrogens with one attached hydrogen (secondary N) is 1. The first-order chi connectivity index (χ1) is 14.3. The summed E-state index contributed by atoms with van der Waals surface area (Å²) in [5.41, 5.74) is 0.650. The maximum atomic E-state index is 13.5. The van der Waals surface area contributed by atoms with Gasteiger partial charge in [0.05, 0.1) is 16.3 Å². The van der Waals surface area contributed by atoms with E-state index in [1.807, 2.05) is 0 Å². The van der Waals surface area contributed by atoms with Crippen LogP contribution >= 0.6 is 11.6 Å². The largest absolute Gasteiger partial charge is 0.350 e. The number of hydrogen-bond donors (Lipinski definition) is 1. The van der Waals surface area contributed by atoms with E-state index >= 15 is 0 Å². The van der Waals surface area contributed by atoms with Gasteiger partial charge in [0.25, 0.3) is 11.8 Å². The number of hydrogen-bond acceptors (Lipinski definition) is 3. The Morgan fingerprint density at radius 1 is 0.767 bits per heavy atom. The molecule has 0 aliphatic carbocycles. The highest BCUT2D eigenvalue weighted by molar-refractivity contribution is 6.46. The molecule has 0 saturated carbocycles. The molecule has 4 rings (SSSR count). The molecule has 1 aliphatic heterocycles. The predicted molar refractivity (Wildman–Crippen MR) is 107 cm³/mol. The van der Waals surface area contributed by atoms with Crippen LogP contribution in [0.1, 0.15) is 5.56 Å².